The van der Waals surface area contributed by atoms with Crippen molar-refractivity contribution in [3.63, 3.8) is 0 Å². The van der Waals surface area contributed by atoms with Crippen molar-refractivity contribution in [2.24, 2.45) is 7.05 Å². The zero-order chi connectivity index (χ0) is 18.6. The standard InChI is InChI=1S/C15H11Cl2N2O.ClHO4/c1-19-15(11-4-8-13(17)9-5-11)14(18-20-19)10-2-6-12(16)7-3-10;2-1(3,4)5/h2-9H,1H3;(H,2,3,4,5)/q+1;/p-1. The summed E-state index contributed by atoms with van der Waals surface area (Å²) in [7, 11) is -3.13. The average molecular weight is 406 g/mol. The van der Waals surface area contributed by atoms with Gasteiger partial charge in [-0.1, -0.05) is 32.6 Å². The smallest absolute Gasteiger partial charge is 0.222 e. The van der Waals surface area contributed by atoms with Crippen molar-refractivity contribution in [1.29, 1.82) is 0 Å². The Labute approximate surface area is 155 Å². The number of hydrogen-bond acceptors (Lipinski definition) is 6. The molecule has 0 aliphatic rings. The van der Waals surface area contributed by atoms with Gasteiger partial charge in [0.1, 0.15) is 7.05 Å². The molecule has 3 aromatic rings. The third kappa shape index (κ3) is 5.94. The molecule has 25 heavy (non-hydrogen) atoms. The lowest BCUT2D eigenvalue weighted by Gasteiger charge is -2.17. The Balaban J connectivity index is 0.000000399. The van der Waals surface area contributed by atoms with E-state index in [2.05, 4.69) is 5.16 Å². The van der Waals surface area contributed by atoms with Gasteiger partial charge < -0.3 is 0 Å². The van der Waals surface area contributed by atoms with Crippen LogP contribution in [0.25, 0.3) is 22.5 Å². The number of aromatic nitrogens is 2. The summed E-state index contributed by atoms with van der Waals surface area (Å²) in [4.78, 5) is 0. The lowest BCUT2D eigenvalue weighted by Crippen LogP contribution is -2.68. The first-order valence-electron chi connectivity index (χ1n) is 6.65. The fourth-order valence-corrected chi connectivity index (χ4v) is 2.31. The van der Waals surface area contributed by atoms with E-state index < -0.39 is 10.2 Å². The lowest BCUT2D eigenvalue weighted by atomic mass is 10.0. The van der Waals surface area contributed by atoms with Crippen LogP contribution in [-0.4, -0.2) is 5.16 Å². The molecule has 3 rings (SSSR count). The minimum absolute atomic E-state index is 0.690. The summed E-state index contributed by atoms with van der Waals surface area (Å²) in [5.74, 6) is 0. The maximum atomic E-state index is 8.49. The summed E-state index contributed by atoms with van der Waals surface area (Å²) in [6.45, 7) is 0. The van der Waals surface area contributed by atoms with Crippen LogP contribution in [0.2, 0.25) is 10.0 Å². The molecule has 1 aromatic heterocycles. The second kappa shape index (κ2) is 8.11. The van der Waals surface area contributed by atoms with Crippen LogP contribution in [0.15, 0.2) is 53.2 Å². The molecule has 10 heteroatoms. The molecule has 1 heterocycles. The highest BCUT2D eigenvalue weighted by molar-refractivity contribution is 6.30. The minimum atomic E-state index is -4.94. The Morgan fingerprint density at radius 3 is 1.68 bits per heavy atom. The van der Waals surface area contributed by atoms with Gasteiger partial charge in [-0.2, -0.15) is 0 Å². The van der Waals surface area contributed by atoms with Crippen LogP contribution < -0.4 is 23.4 Å². The predicted octanol–water partition coefficient (Wildman–Crippen LogP) is -0.616. The van der Waals surface area contributed by atoms with E-state index in [1.54, 1.807) is 4.74 Å². The number of nitrogens with zero attached hydrogens (tertiary/aromatic N) is 2. The van der Waals surface area contributed by atoms with Crippen LogP contribution in [0.1, 0.15) is 0 Å². The van der Waals surface area contributed by atoms with Gasteiger partial charge in [0.05, 0.1) is 0 Å². The fourth-order valence-electron chi connectivity index (χ4n) is 2.06. The molecule has 0 aliphatic heterocycles. The average Bonchev–Trinajstić information content (AvgIpc) is 2.89. The van der Waals surface area contributed by atoms with Gasteiger partial charge in [-0.05, 0) is 48.5 Å². The fraction of sp³-hybridized carbons (Fsp3) is 0.0667. The molecular weight excluding hydrogens is 395 g/mol. The number of benzene rings is 2. The third-order valence-corrected chi connectivity index (χ3v) is 3.53. The minimum Gasteiger partial charge on any atom is -0.222 e. The van der Waals surface area contributed by atoms with E-state index >= 15 is 0 Å². The summed E-state index contributed by atoms with van der Waals surface area (Å²) in [5, 5.41) is 5.51. The number of halogens is 3. The Kier molecular flexibility index (Phi) is 6.36. The van der Waals surface area contributed by atoms with Crippen molar-refractivity contribution in [3.05, 3.63) is 58.6 Å². The van der Waals surface area contributed by atoms with E-state index in [0.29, 0.717) is 10.0 Å². The van der Waals surface area contributed by atoms with Crippen LogP contribution >= 0.6 is 23.2 Å². The summed E-state index contributed by atoms with van der Waals surface area (Å²) in [6.07, 6.45) is 0. The molecule has 0 spiro atoms. The first-order valence-corrected chi connectivity index (χ1v) is 8.64. The van der Waals surface area contributed by atoms with Gasteiger partial charge in [0.15, 0.2) is 5.16 Å². The molecule has 2 aromatic carbocycles. The van der Waals surface area contributed by atoms with Crippen LogP contribution in [0.4, 0.5) is 0 Å². The summed E-state index contributed by atoms with van der Waals surface area (Å²) in [5.41, 5.74) is 3.60. The maximum Gasteiger partial charge on any atom is 0.281 e. The molecule has 0 N–H and O–H groups in total. The van der Waals surface area contributed by atoms with Gasteiger partial charge in [-0.3, -0.25) is 0 Å². The molecule has 0 fully saturated rings. The van der Waals surface area contributed by atoms with Crippen LogP contribution in [0.5, 0.6) is 0 Å². The van der Waals surface area contributed by atoms with Gasteiger partial charge in [0, 0.05) is 21.2 Å². The highest BCUT2D eigenvalue weighted by Gasteiger charge is 2.25. The maximum absolute atomic E-state index is 8.49. The zero-order valence-corrected chi connectivity index (χ0v) is 15.0. The normalized spacial score (nSPS) is 11.0. The molecule has 0 saturated carbocycles. The highest BCUT2D eigenvalue weighted by Crippen LogP contribution is 2.29. The molecule has 0 amide bonds. The SMILES string of the molecule is C[n+]1onc(-c2ccc(Cl)cc2)c1-c1ccc(Cl)cc1.[O-][Cl+3]([O-])([O-])[O-]. The van der Waals surface area contributed by atoms with Crippen molar-refractivity contribution in [1.82, 2.24) is 5.16 Å². The van der Waals surface area contributed by atoms with Crippen LogP contribution in [0.3, 0.4) is 0 Å². The molecule has 0 bridgehead atoms. The molecule has 0 saturated heterocycles. The summed E-state index contributed by atoms with van der Waals surface area (Å²) in [6, 6.07) is 15.1. The van der Waals surface area contributed by atoms with E-state index in [4.69, 9.17) is 46.5 Å². The molecule has 0 radical (unpaired) electrons. The number of rotatable bonds is 2. The van der Waals surface area contributed by atoms with Crippen LogP contribution in [-0.2, 0) is 7.05 Å². The van der Waals surface area contributed by atoms with E-state index in [0.717, 1.165) is 22.5 Å². The highest BCUT2D eigenvalue weighted by atomic mass is 35.7. The molecule has 0 aliphatic carbocycles. The predicted molar refractivity (Wildman–Crippen MR) is 78.6 cm³/mol. The topological polar surface area (TPSA) is 122 Å². The van der Waals surface area contributed by atoms with Gasteiger partial charge in [-0.25, -0.2) is 18.6 Å². The largest absolute Gasteiger partial charge is 0.281 e. The lowest BCUT2D eigenvalue weighted by molar-refractivity contribution is -2.00. The van der Waals surface area contributed by atoms with E-state index in [1.165, 1.54) is 0 Å². The quantitative estimate of drug-likeness (QED) is 0.524. The second-order valence-corrected chi connectivity index (χ2v) is 6.39. The molecule has 132 valence electrons. The Hall–Kier alpha value is -1.71. The van der Waals surface area contributed by atoms with Gasteiger partial charge in [-0.15, -0.1) is 10.2 Å². The summed E-state index contributed by atoms with van der Waals surface area (Å²) >= 11 is 11.8. The zero-order valence-electron chi connectivity index (χ0n) is 12.7. The molecule has 0 unspecified atom stereocenters. The van der Waals surface area contributed by atoms with Crippen LogP contribution in [0, 0.1) is 10.2 Å². The van der Waals surface area contributed by atoms with Gasteiger partial charge in [0.2, 0.25) is 5.69 Å². The van der Waals surface area contributed by atoms with E-state index in [9.17, 15) is 0 Å². The van der Waals surface area contributed by atoms with Crippen molar-refractivity contribution in [2.75, 3.05) is 0 Å². The van der Waals surface area contributed by atoms with Crippen molar-refractivity contribution < 1.29 is 38.2 Å². The third-order valence-electron chi connectivity index (χ3n) is 3.03. The van der Waals surface area contributed by atoms with E-state index in [1.807, 2.05) is 55.6 Å². The van der Waals surface area contributed by atoms with Gasteiger partial charge >= 0.3 is 0 Å². The van der Waals surface area contributed by atoms with Gasteiger partial charge in [0.25, 0.3) is 5.69 Å². The first-order chi connectivity index (χ1) is 11.6. The Bertz CT molecular complexity index is 824. The van der Waals surface area contributed by atoms with E-state index in [-0.39, 0.29) is 0 Å². The van der Waals surface area contributed by atoms with Crippen molar-refractivity contribution in [2.45, 2.75) is 0 Å². The molecular formula is C15H11Cl3N2O5. The first kappa shape index (κ1) is 19.6. The number of aryl methyl sites for hydroxylation is 1. The summed E-state index contributed by atoms with van der Waals surface area (Å²) < 4.78 is 40.9. The molecule has 7 nitrogen and oxygen atoms in total. The Morgan fingerprint density at radius 1 is 0.840 bits per heavy atom. The van der Waals surface area contributed by atoms with Crippen molar-refractivity contribution >= 4 is 23.2 Å². The monoisotopic (exact) mass is 404 g/mol. The second-order valence-electron chi connectivity index (χ2n) is 4.76. The Morgan fingerprint density at radius 2 is 1.24 bits per heavy atom. The number of hydrogen-bond donors (Lipinski definition) is 0. The van der Waals surface area contributed by atoms with Crippen molar-refractivity contribution in [3.8, 4) is 22.5 Å². The molecule has 0 atom stereocenters.